The molecule has 0 radical (unpaired) electrons. The second-order valence-electron chi connectivity index (χ2n) is 7.76. The number of nitriles is 1. The molecule has 0 fully saturated rings. The lowest BCUT2D eigenvalue weighted by atomic mass is 10.00. The van der Waals surface area contributed by atoms with Crippen molar-refractivity contribution in [3.63, 3.8) is 0 Å². The molecule has 0 bridgehead atoms. The highest BCUT2D eigenvalue weighted by atomic mass is 19.1. The maximum absolute atomic E-state index is 14.9. The third-order valence-corrected chi connectivity index (χ3v) is 5.36. The highest BCUT2D eigenvalue weighted by Crippen LogP contribution is 2.33. The molecule has 172 valence electrons. The number of hydrogen-bond acceptors (Lipinski definition) is 6. The van der Waals surface area contributed by atoms with E-state index in [0.29, 0.717) is 23.5 Å². The predicted molar refractivity (Wildman–Crippen MR) is 124 cm³/mol. The smallest absolute Gasteiger partial charge is 0.310 e. The number of unbranched alkanes of at least 4 members (excludes halogenated alkanes) is 1. The minimum absolute atomic E-state index is 0.116. The van der Waals surface area contributed by atoms with Crippen LogP contribution in [0.3, 0.4) is 0 Å². The van der Waals surface area contributed by atoms with Crippen molar-refractivity contribution in [1.29, 1.82) is 5.26 Å². The Balaban J connectivity index is 1.58. The van der Waals surface area contributed by atoms with Gasteiger partial charge in [-0.3, -0.25) is 4.79 Å². The van der Waals surface area contributed by atoms with Gasteiger partial charge in [0, 0.05) is 28.3 Å². The van der Waals surface area contributed by atoms with Crippen molar-refractivity contribution in [3.8, 4) is 22.9 Å². The molecule has 34 heavy (non-hydrogen) atoms. The topological polar surface area (TPSA) is 85.4 Å². The third kappa shape index (κ3) is 5.07. The molecule has 2 heterocycles. The molecular formula is C27H23FN2O4. The SMILES string of the molecule is CCCCOC(=O)Cc1ccccc1OCc1cc(-c2ccnc(C#N)c2F)c2occc2c1. The molecule has 0 amide bonds. The van der Waals surface area contributed by atoms with E-state index in [1.165, 1.54) is 18.5 Å². The van der Waals surface area contributed by atoms with Crippen molar-refractivity contribution in [2.75, 3.05) is 6.61 Å². The summed E-state index contributed by atoms with van der Waals surface area (Å²) in [6.07, 6.45) is 4.83. The molecule has 0 saturated heterocycles. The van der Waals surface area contributed by atoms with Gasteiger partial charge in [-0.2, -0.15) is 5.26 Å². The largest absolute Gasteiger partial charge is 0.489 e. The first-order valence-corrected chi connectivity index (χ1v) is 11.0. The zero-order chi connectivity index (χ0) is 23.9. The van der Waals surface area contributed by atoms with Gasteiger partial charge in [0.2, 0.25) is 0 Å². The maximum Gasteiger partial charge on any atom is 0.310 e. The number of esters is 1. The molecule has 0 spiro atoms. The van der Waals surface area contributed by atoms with Crippen molar-refractivity contribution in [3.05, 3.63) is 83.6 Å². The van der Waals surface area contributed by atoms with Gasteiger partial charge in [-0.05, 0) is 42.3 Å². The quantitative estimate of drug-likeness (QED) is 0.227. The number of benzene rings is 2. The molecular weight excluding hydrogens is 435 g/mol. The van der Waals surface area contributed by atoms with Gasteiger partial charge in [0.25, 0.3) is 0 Å². The van der Waals surface area contributed by atoms with E-state index in [1.807, 2.05) is 31.2 Å². The van der Waals surface area contributed by atoms with Gasteiger partial charge in [-0.15, -0.1) is 0 Å². The van der Waals surface area contributed by atoms with Crippen LogP contribution in [0.2, 0.25) is 0 Å². The lowest BCUT2D eigenvalue weighted by molar-refractivity contribution is -0.142. The minimum Gasteiger partial charge on any atom is -0.489 e. The highest BCUT2D eigenvalue weighted by Gasteiger charge is 2.17. The molecule has 7 heteroatoms. The van der Waals surface area contributed by atoms with Gasteiger partial charge >= 0.3 is 5.97 Å². The standard InChI is InChI=1S/C27H23FN2O4/c1-2-3-11-32-25(31)15-19-6-4-5-7-24(19)34-17-18-13-20-9-12-33-27(20)22(14-18)21-8-10-30-23(16-29)26(21)28/h4-10,12-14H,2-3,11,15,17H2,1H3. The fourth-order valence-corrected chi connectivity index (χ4v) is 3.65. The molecule has 0 saturated carbocycles. The molecule has 6 nitrogen and oxygen atoms in total. The van der Waals surface area contributed by atoms with Crippen molar-refractivity contribution >= 4 is 16.9 Å². The summed E-state index contributed by atoms with van der Waals surface area (Å²) in [5.41, 5.74) is 2.46. The number of nitrogens with zero attached hydrogens (tertiary/aromatic N) is 2. The fraction of sp³-hybridized carbons (Fsp3) is 0.222. The molecule has 0 N–H and O–H groups in total. The van der Waals surface area contributed by atoms with Crippen LogP contribution in [-0.4, -0.2) is 17.6 Å². The average molecular weight is 458 g/mol. The number of pyridine rings is 1. The first-order chi connectivity index (χ1) is 16.6. The number of carbonyl (C=O) groups is 1. The Bertz CT molecular complexity index is 1360. The number of rotatable bonds is 9. The van der Waals surface area contributed by atoms with Crippen LogP contribution in [-0.2, 0) is 22.6 Å². The van der Waals surface area contributed by atoms with E-state index in [-0.39, 0.29) is 30.3 Å². The summed E-state index contributed by atoms with van der Waals surface area (Å²) in [6.45, 7) is 2.63. The Morgan fingerprint density at radius 1 is 1.18 bits per heavy atom. The number of halogens is 1. The summed E-state index contributed by atoms with van der Waals surface area (Å²) in [4.78, 5) is 15.9. The van der Waals surface area contributed by atoms with Crippen LogP contribution in [0.25, 0.3) is 22.1 Å². The van der Waals surface area contributed by atoms with Crippen LogP contribution in [0.4, 0.5) is 4.39 Å². The van der Waals surface area contributed by atoms with E-state index in [4.69, 9.17) is 19.2 Å². The van der Waals surface area contributed by atoms with Crippen LogP contribution in [0.1, 0.15) is 36.6 Å². The first kappa shape index (κ1) is 23.0. The lowest BCUT2D eigenvalue weighted by Gasteiger charge is -2.13. The Morgan fingerprint density at radius 3 is 2.85 bits per heavy atom. The molecule has 0 aliphatic heterocycles. The van der Waals surface area contributed by atoms with E-state index < -0.39 is 5.82 Å². The number of fused-ring (bicyclic) bond motifs is 1. The van der Waals surface area contributed by atoms with Crippen molar-refractivity contribution in [2.45, 2.75) is 32.8 Å². The number of furan rings is 1. The zero-order valence-corrected chi connectivity index (χ0v) is 18.7. The monoisotopic (exact) mass is 458 g/mol. The maximum atomic E-state index is 14.9. The lowest BCUT2D eigenvalue weighted by Crippen LogP contribution is -2.10. The summed E-state index contributed by atoms with van der Waals surface area (Å²) in [5, 5.41) is 9.92. The van der Waals surface area contributed by atoms with E-state index in [0.717, 1.165) is 29.4 Å². The van der Waals surface area contributed by atoms with Crippen molar-refractivity contribution < 1.29 is 23.1 Å². The van der Waals surface area contributed by atoms with Gasteiger partial charge in [0.05, 0.1) is 19.3 Å². The summed E-state index contributed by atoms with van der Waals surface area (Å²) in [7, 11) is 0. The van der Waals surface area contributed by atoms with Gasteiger partial charge in [0.1, 0.15) is 24.0 Å². The van der Waals surface area contributed by atoms with Crippen LogP contribution >= 0.6 is 0 Å². The van der Waals surface area contributed by atoms with E-state index >= 15 is 0 Å². The fourth-order valence-electron chi connectivity index (χ4n) is 3.65. The summed E-state index contributed by atoms with van der Waals surface area (Å²) >= 11 is 0. The number of ether oxygens (including phenoxy) is 2. The van der Waals surface area contributed by atoms with Crippen LogP contribution in [0.15, 0.2) is 65.4 Å². The molecule has 2 aromatic heterocycles. The molecule has 0 aliphatic carbocycles. The molecule has 0 aliphatic rings. The Morgan fingerprint density at radius 2 is 2.03 bits per heavy atom. The van der Waals surface area contributed by atoms with Gasteiger partial charge < -0.3 is 13.9 Å². The van der Waals surface area contributed by atoms with E-state index in [1.54, 1.807) is 24.3 Å². The van der Waals surface area contributed by atoms with Gasteiger partial charge in [0.15, 0.2) is 11.5 Å². The summed E-state index contributed by atoms with van der Waals surface area (Å²) < 4.78 is 31.8. The van der Waals surface area contributed by atoms with Crippen molar-refractivity contribution in [2.24, 2.45) is 0 Å². The van der Waals surface area contributed by atoms with Gasteiger partial charge in [-0.1, -0.05) is 31.5 Å². The average Bonchev–Trinajstić information content (AvgIpc) is 3.32. The Hall–Kier alpha value is -4.18. The second kappa shape index (κ2) is 10.6. The molecule has 0 atom stereocenters. The number of para-hydroxylation sites is 1. The van der Waals surface area contributed by atoms with Crippen LogP contribution in [0, 0.1) is 17.1 Å². The second-order valence-corrected chi connectivity index (χ2v) is 7.76. The summed E-state index contributed by atoms with van der Waals surface area (Å²) in [5.74, 6) is -0.425. The summed E-state index contributed by atoms with van der Waals surface area (Å²) in [6, 6.07) is 16.0. The molecule has 0 unspecified atom stereocenters. The third-order valence-electron chi connectivity index (χ3n) is 5.36. The molecule has 4 rings (SSSR count). The predicted octanol–water partition coefficient (Wildman–Crippen LogP) is 5.97. The number of hydrogen-bond donors (Lipinski definition) is 0. The minimum atomic E-state index is -0.701. The Labute approximate surface area is 196 Å². The highest BCUT2D eigenvalue weighted by molar-refractivity contribution is 5.93. The normalized spacial score (nSPS) is 10.7. The van der Waals surface area contributed by atoms with Gasteiger partial charge in [-0.25, -0.2) is 9.37 Å². The molecule has 2 aromatic carbocycles. The Kier molecular flexibility index (Phi) is 7.19. The van der Waals surface area contributed by atoms with E-state index in [9.17, 15) is 9.18 Å². The van der Waals surface area contributed by atoms with Crippen LogP contribution < -0.4 is 4.74 Å². The molecule has 4 aromatic rings. The first-order valence-electron chi connectivity index (χ1n) is 11.0. The van der Waals surface area contributed by atoms with E-state index in [2.05, 4.69) is 4.98 Å². The van der Waals surface area contributed by atoms with Crippen LogP contribution in [0.5, 0.6) is 5.75 Å². The zero-order valence-electron chi connectivity index (χ0n) is 18.7. The van der Waals surface area contributed by atoms with Crippen molar-refractivity contribution in [1.82, 2.24) is 4.98 Å². The number of aromatic nitrogens is 1. The number of carbonyl (C=O) groups excluding carboxylic acids is 1.